The fourth-order valence-electron chi connectivity index (χ4n) is 1.60. The van der Waals surface area contributed by atoms with E-state index in [1.54, 1.807) is 25.3 Å². The van der Waals surface area contributed by atoms with Crippen molar-refractivity contribution in [2.75, 3.05) is 34.0 Å². The van der Waals surface area contributed by atoms with E-state index in [0.29, 0.717) is 30.0 Å². The first-order chi connectivity index (χ1) is 9.72. The molecular formula is C15H19NO4. The summed E-state index contributed by atoms with van der Waals surface area (Å²) in [6.45, 7) is 0.920. The Morgan fingerprint density at radius 2 is 2.20 bits per heavy atom. The van der Waals surface area contributed by atoms with Gasteiger partial charge in [-0.15, -0.1) is 0 Å². The average molecular weight is 277 g/mol. The van der Waals surface area contributed by atoms with Gasteiger partial charge in [0.15, 0.2) is 0 Å². The van der Waals surface area contributed by atoms with Crippen molar-refractivity contribution in [1.29, 1.82) is 0 Å². The summed E-state index contributed by atoms with van der Waals surface area (Å²) in [6, 6.07) is 5.01. The van der Waals surface area contributed by atoms with E-state index in [0.717, 1.165) is 6.42 Å². The molecule has 108 valence electrons. The van der Waals surface area contributed by atoms with E-state index in [9.17, 15) is 4.79 Å². The first-order valence-corrected chi connectivity index (χ1v) is 6.27. The zero-order valence-corrected chi connectivity index (χ0v) is 11.7. The van der Waals surface area contributed by atoms with Gasteiger partial charge in [-0.1, -0.05) is 11.8 Å². The van der Waals surface area contributed by atoms with Crippen molar-refractivity contribution in [1.82, 2.24) is 5.32 Å². The first kappa shape index (κ1) is 16.0. The number of methoxy groups -OCH3 is 2. The number of carbonyl (C=O) groups is 1. The van der Waals surface area contributed by atoms with Gasteiger partial charge < -0.3 is 19.9 Å². The summed E-state index contributed by atoms with van der Waals surface area (Å²) >= 11 is 0. The molecule has 0 saturated carbocycles. The third-order valence-electron chi connectivity index (χ3n) is 2.57. The Morgan fingerprint density at radius 1 is 1.40 bits per heavy atom. The second-order valence-corrected chi connectivity index (χ2v) is 3.98. The maximum Gasteiger partial charge on any atom is 0.251 e. The maximum atomic E-state index is 11.9. The van der Waals surface area contributed by atoms with Gasteiger partial charge in [-0.25, -0.2) is 0 Å². The predicted molar refractivity (Wildman–Crippen MR) is 75.8 cm³/mol. The van der Waals surface area contributed by atoms with Crippen LogP contribution in [-0.2, 0) is 4.74 Å². The summed E-state index contributed by atoms with van der Waals surface area (Å²) < 4.78 is 10.1. The Kier molecular flexibility index (Phi) is 7.18. The van der Waals surface area contributed by atoms with E-state index in [2.05, 4.69) is 17.2 Å². The lowest BCUT2D eigenvalue weighted by atomic mass is 10.1. The van der Waals surface area contributed by atoms with Gasteiger partial charge in [-0.3, -0.25) is 4.79 Å². The molecule has 0 spiro atoms. The van der Waals surface area contributed by atoms with Gasteiger partial charge in [0.05, 0.1) is 12.7 Å². The first-order valence-electron chi connectivity index (χ1n) is 6.27. The van der Waals surface area contributed by atoms with Crippen LogP contribution in [0.4, 0.5) is 0 Å². The van der Waals surface area contributed by atoms with Crippen LogP contribution in [0.15, 0.2) is 18.2 Å². The smallest absolute Gasteiger partial charge is 0.251 e. The van der Waals surface area contributed by atoms with Gasteiger partial charge in [0.2, 0.25) is 0 Å². The summed E-state index contributed by atoms with van der Waals surface area (Å²) in [5.74, 6) is 5.70. The lowest BCUT2D eigenvalue weighted by Crippen LogP contribution is -2.25. The van der Waals surface area contributed by atoms with Gasteiger partial charge in [0.25, 0.3) is 5.91 Å². The Labute approximate surface area is 118 Å². The minimum atomic E-state index is -0.239. The molecular weight excluding hydrogens is 258 g/mol. The Morgan fingerprint density at radius 3 is 2.85 bits per heavy atom. The SMILES string of the molecule is COCCCNC(=O)c1ccc(OC)c(C#CCO)c1. The van der Waals surface area contributed by atoms with Gasteiger partial charge in [-0.05, 0) is 24.6 Å². The highest BCUT2D eigenvalue weighted by atomic mass is 16.5. The second-order valence-electron chi connectivity index (χ2n) is 3.98. The highest BCUT2D eigenvalue weighted by Crippen LogP contribution is 2.18. The summed E-state index contributed by atoms with van der Waals surface area (Å²) in [5.41, 5.74) is 1.08. The molecule has 20 heavy (non-hydrogen) atoms. The van der Waals surface area contributed by atoms with Crippen molar-refractivity contribution in [3.05, 3.63) is 29.3 Å². The number of amides is 1. The van der Waals surface area contributed by atoms with Gasteiger partial charge in [-0.2, -0.15) is 0 Å². The maximum absolute atomic E-state index is 11.9. The van der Waals surface area contributed by atoms with Gasteiger partial charge in [0, 0.05) is 25.8 Å². The van der Waals surface area contributed by atoms with Crippen LogP contribution in [0.25, 0.3) is 0 Å². The minimum absolute atomic E-state index is 0.171. The van der Waals surface area contributed by atoms with E-state index in [-0.39, 0.29) is 12.5 Å². The molecule has 0 heterocycles. The van der Waals surface area contributed by atoms with E-state index in [1.807, 2.05) is 0 Å². The molecule has 1 rings (SSSR count). The van der Waals surface area contributed by atoms with Crippen molar-refractivity contribution in [3.63, 3.8) is 0 Å². The zero-order valence-electron chi connectivity index (χ0n) is 11.7. The molecule has 0 saturated heterocycles. The van der Waals surface area contributed by atoms with Crippen molar-refractivity contribution in [2.45, 2.75) is 6.42 Å². The van der Waals surface area contributed by atoms with Crippen molar-refractivity contribution in [3.8, 4) is 17.6 Å². The van der Waals surface area contributed by atoms with Crippen LogP contribution < -0.4 is 10.1 Å². The van der Waals surface area contributed by atoms with Gasteiger partial charge >= 0.3 is 0 Å². The molecule has 0 unspecified atom stereocenters. The van der Waals surface area contributed by atoms with E-state index in [1.165, 1.54) is 7.11 Å². The molecule has 2 N–H and O–H groups in total. The molecule has 5 heteroatoms. The number of rotatable bonds is 6. The van der Waals surface area contributed by atoms with Crippen LogP contribution in [-0.4, -0.2) is 45.0 Å². The standard InChI is InChI=1S/C15H19NO4/c1-19-10-4-8-16-15(18)13-6-7-14(20-2)12(11-13)5-3-9-17/h6-7,11,17H,4,8-10H2,1-2H3,(H,16,18). The lowest BCUT2D eigenvalue weighted by Gasteiger charge is -2.08. The summed E-state index contributed by atoms with van der Waals surface area (Å²) in [6.07, 6.45) is 0.759. The molecule has 0 aliphatic carbocycles. The van der Waals surface area contributed by atoms with Crippen molar-refractivity contribution < 1.29 is 19.4 Å². The quantitative estimate of drug-likeness (QED) is 0.596. The number of hydrogen-bond donors (Lipinski definition) is 2. The number of carbonyl (C=O) groups excluding carboxylic acids is 1. The average Bonchev–Trinajstić information content (AvgIpc) is 2.49. The number of nitrogens with one attached hydrogen (secondary N) is 1. The number of hydrogen-bond acceptors (Lipinski definition) is 4. The molecule has 0 radical (unpaired) electrons. The Hall–Kier alpha value is -2.03. The van der Waals surface area contributed by atoms with Crippen LogP contribution in [0.1, 0.15) is 22.3 Å². The fourth-order valence-corrected chi connectivity index (χ4v) is 1.60. The number of benzene rings is 1. The molecule has 5 nitrogen and oxygen atoms in total. The molecule has 0 bridgehead atoms. The second kappa shape index (κ2) is 8.97. The summed E-state index contributed by atoms with van der Waals surface area (Å²) in [5, 5.41) is 11.5. The van der Waals surface area contributed by atoms with E-state index < -0.39 is 0 Å². The molecule has 1 aromatic carbocycles. The fraction of sp³-hybridized carbons (Fsp3) is 0.400. The lowest BCUT2D eigenvalue weighted by molar-refractivity contribution is 0.0948. The van der Waals surface area contributed by atoms with Crippen LogP contribution in [0.2, 0.25) is 0 Å². The monoisotopic (exact) mass is 277 g/mol. The molecule has 0 aliphatic heterocycles. The van der Waals surface area contributed by atoms with Crippen LogP contribution in [0, 0.1) is 11.8 Å². The third-order valence-corrected chi connectivity index (χ3v) is 2.57. The highest BCUT2D eigenvalue weighted by molar-refractivity contribution is 5.94. The third kappa shape index (κ3) is 4.92. The molecule has 1 aromatic rings. The molecule has 0 fully saturated rings. The van der Waals surface area contributed by atoms with E-state index >= 15 is 0 Å². The van der Waals surface area contributed by atoms with Crippen LogP contribution in [0.3, 0.4) is 0 Å². The summed E-state index contributed by atoms with van der Waals surface area (Å²) in [7, 11) is 3.15. The Balaban J connectivity index is 2.77. The normalized spacial score (nSPS) is 9.55. The van der Waals surface area contributed by atoms with Crippen LogP contribution in [0.5, 0.6) is 5.75 Å². The van der Waals surface area contributed by atoms with Gasteiger partial charge in [0.1, 0.15) is 12.4 Å². The molecule has 0 aliphatic rings. The number of aliphatic hydroxyl groups excluding tert-OH is 1. The highest BCUT2D eigenvalue weighted by Gasteiger charge is 2.08. The number of aliphatic hydroxyl groups is 1. The van der Waals surface area contributed by atoms with Crippen molar-refractivity contribution in [2.24, 2.45) is 0 Å². The number of ether oxygens (including phenoxy) is 2. The minimum Gasteiger partial charge on any atom is -0.495 e. The Bertz CT molecular complexity index is 502. The molecule has 1 amide bonds. The molecule has 0 aromatic heterocycles. The van der Waals surface area contributed by atoms with Crippen LogP contribution >= 0.6 is 0 Å². The zero-order chi connectivity index (χ0) is 14.8. The topological polar surface area (TPSA) is 67.8 Å². The molecule has 0 atom stereocenters. The van der Waals surface area contributed by atoms with E-state index in [4.69, 9.17) is 14.6 Å². The largest absolute Gasteiger partial charge is 0.495 e. The predicted octanol–water partition coefficient (Wildman–Crippen LogP) is 0.805. The summed E-state index contributed by atoms with van der Waals surface area (Å²) in [4.78, 5) is 11.9. The van der Waals surface area contributed by atoms with Crippen molar-refractivity contribution >= 4 is 5.91 Å².